The Labute approximate surface area is 97.2 Å². The predicted molar refractivity (Wildman–Crippen MR) is 64.5 cm³/mol. The average molecular weight is 217 g/mol. The lowest BCUT2D eigenvalue weighted by Crippen LogP contribution is -2.38. The first-order valence-electron chi connectivity index (χ1n) is 6.27. The smallest absolute Gasteiger partial charge is 0.0940 e. The van der Waals surface area contributed by atoms with Gasteiger partial charge in [-0.1, -0.05) is 30.3 Å². The standard InChI is InChI=1S/C14H19NO/c1-2-4-13(5-3-1)6-9-15-10-7-14(8-11-15)12-16-14/h1-5H,6-12H2. The van der Waals surface area contributed by atoms with E-state index < -0.39 is 0 Å². The summed E-state index contributed by atoms with van der Waals surface area (Å²) in [5, 5.41) is 0. The summed E-state index contributed by atoms with van der Waals surface area (Å²) in [6.07, 6.45) is 3.65. The number of ether oxygens (including phenoxy) is 1. The van der Waals surface area contributed by atoms with E-state index in [0.717, 1.165) is 6.61 Å². The number of hydrogen-bond donors (Lipinski definition) is 0. The van der Waals surface area contributed by atoms with Gasteiger partial charge in [0.15, 0.2) is 0 Å². The first kappa shape index (κ1) is 10.3. The number of nitrogens with zero attached hydrogens (tertiary/aromatic N) is 1. The summed E-state index contributed by atoms with van der Waals surface area (Å²) < 4.78 is 5.52. The molecule has 86 valence electrons. The van der Waals surface area contributed by atoms with Crippen LogP contribution in [-0.4, -0.2) is 36.7 Å². The van der Waals surface area contributed by atoms with E-state index in [1.54, 1.807) is 0 Å². The van der Waals surface area contributed by atoms with E-state index in [2.05, 4.69) is 35.2 Å². The van der Waals surface area contributed by atoms with Gasteiger partial charge in [-0.05, 0) is 24.8 Å². The molecule has 2 heteroatoms. The molecule has 2 fully saturated rings. The first-order valence-corrected chi connectivity index (χ1v) is 6.27. The molecule has 2 saturated heterocycles. The minimum atomic E-state index is 0.323. The summed E-state index contributed by atoms with van der Waals surface area (Å²) in [7, 11) is 0. The third-order valence-electron chi connectivity index (χ3n) is 3.88. The monoisotopic (exact) mass is 217 g/mol. The lowest BCUT2D eigenvalue weighted by molar-refractivity contribution is 0.148. The number of rotatable bonds is 3. The van der Waals surface area contributed by atoms with Crippen LogP contribution >= 0.6 is 0 Å². The molecule has 16 heavy (non-hydrogen) atoms. The Kier molecular flexibility index (Phi) is 2.70. The van der Waals surface area contributed by atoms with Crippen LogP contribution in [0, 0.1) is 0 Å². The van der Waals surface area contributed by atoms with Crippen LogP contribution in [0.3, 0.4) is 0 Å². The number of benzene rings is 1. The molecular formula is C14H19NO. The van der Waals surface area contributed by atoms with Gasteiger partial charge in [-0.25, -0.2) is 0 Å². The third-order valence-corrected chi connectivity index (χ3v) is 3.88. The SMILES string of the molecule is c1ccc(CCN2CCC3(CC2)CO3)cc1. The molecule has 0 amide bonds. The van der Waals surface area contributed by atoms with E-state index in [0.29, 0.717) is 5.60 Å². The van der Waals surface area contributed by atoms with Crippen molar-refractivity contribution in [1.29, 1.82) is 0 Å². The van der Waals surface area contributed by atoms with Gasteiger partial charge in [0, 0.05) is 19.6 Å². The molecule has 1 spiro atoms. The summed E-state index contributed by atoms with van der Waals surface area (Å²) >= 11 is 0. The van der Waals surface area contributed by atoms with E-state index in [1.165, 1.54) is 44.5 Å². The molecular weight excluding hydrogens is 198 g/mol. The second-order valence-electron chi connectivity index (χ2n) is 5.05. The molecule has 2 nitrogen and oxygen atoms in total. The Hall–Kier alpha value is -0.860. The molecule has 0 unspecified atom stereocenters. The molecule has 1 aromatic rings. The molecule has 0 N–H and O–H groups in total. The van der Waals surface area contributed by atoms with Crippen LogP contribution < -0.4 is 0 Å². The van der Waals surface area contributed by atoms with Gasteiger partial charge in [-0.3, -0.25) is 0 Å². The summed E-state index contributed by atoms with van der Waals surface area (Å²) in [4.78, 5) is 2.57. The van der Waals surface area contributed by atoms with Gasteiger partial charge in [0.25, 0.3) is 0 Å². The van der Waals surface area contributed by atoms with Gasteiger partial charge < -0.3 is 9.64 Å². The lowest BCUT2D eigenvalue weighted by Gasteiger charge is -2.30. The first-order chi connectivity index (χ1) is 7.86. The zero-order chi connectivity index (χ0) is 10.8. The summed E-state index contributed by atoms with van der Waals surface area (Å²) in [5.74, 6) is 0. The highest BCUT2D eigenvalue weighted by atomic mass is 16.6. The molecule has 2 aliphatic rings. The summed E-state index contributed by atoms with van der Waals surface area (Å²) in [6, 6.07) is 10.8. The van der Waals surface area contributed by atoms with Gasteiger partial charge in [0.2, 0.25) is 0 Å². The maximum atomic E-state index is 5.52. The summed E-state index contributed by atoms with van der Waals surface area (Å²) in [5.41, 5.74) is 1.77. The quantitative estimate of drug-likeness (QED) is 0.721. The Morgan fingerprint density at radius 3 is 2.44 bits per heavy atom. The molecule has 0 radical (unpaired) electrons. The molecule has 0 atom stereocenters. The second-order valence-corrected chi connectivity index (χ2v) is 5.05. The largest absolute Gasteiger partial charge is 0.369 e. The second kappa shape index (κ2) is 4.19. The van der Waals surface area contributed by atoms with Gasteiger partial charge >= 0.3 is 0 Å². The molecule has 2 aliphatic heterocycles. The van der Waals surface area contributed by atoms with E-state index in [4.69, 9.17) is 4.74 Å². The van der Waals surface area contributed by atoms with Gasteiger partial charge in [0.05, 0.1) is 12.2 Å². The fourth-order valence-corrected chi connectivity index (χ4v) is 2.51. The highest BCUT2D eigenvalue weighted by Crippen LogP contribution is 2.37. The number of piperidine rings is 1. The topological polar surface area (TPSA) is 15.8 Å². The molecule has 0 aliphatic carbocycles. The van der Waals surface area contributed by atoms with Crippen LogP contribution in [0.2, 0.25) is 0 Å². The maximum absolute atomic E-state index is 5.52. The van der Waals surface area contributed by atoms with Crippen molar-refractivity contribution < 1.29 is 4.74 Å². The highest BCUT2D eigenvalue weighted by Gasteiger charge is 2.46. The van der Waals surface area contributed by atoms with Gasteiger partial charge in [-0.15, -0.1) is 0 Å². The van der Waals surface area contributed by atoms with Crippen molar-refractivity contribution >= 4 is 0 Å². The van der Waals surface area contributed by atoms with Crippen molar-refractivity contribution in [2.24, 2.45) is 0 Å². The Morgan fingerprint density at radius 2 is 1.81 bits per heavy atom. The Bertz CT molecular complexity index is 335. The number of likely N-dealkylation sites (tertiary alicyclic amines) is 1. The van der Waals surface area contributed by atoms with E-state index in [-0.39, 0.29) is 0 Å². The molecule has 1 aromatic carbocycles. The maximum Gasteiger partial charge on any atom is 0.0940 e. The third kappa shape index (κ3) is 2.28. The zero-order valence-corrected chi connectivity index (χ0v) is 9.69. The van der Waals surface area contributed by atoms with Crippen molar-refractivity contribution in [3.8, 4) is 0 Å². The normalized spacial score (nSPS) is 23.5. The van der Waals surface area contributed by atoms with Crippen LogP contribution in [0.1, 0.15) is 18.4 Å². The van der Waals surface area contributed by atoms with Crippen LogP contribution in [-0.2, 0) is 11.2 Å². The van der Waals surface area contributed by atoms with Gasteiger partial charge in [0.1, 0.15) is 0 Å². The van der Waals surface area contributed by atoms with E-state index >= 15 is 0 Å². The molecule has 0 bridgehead atoms. The van der Waals surface area contributed by atoms with Crippen LogP contribution in [0.4, 0.5) is 0 Å². The number of hydrogen-bond acceptors (Lipinski definition) is 2. The fraction of sp³-hybridized carbons (Fsp3) is 0.571. The average Bonchev–Trinajstić information content (AvgIpc) is 3.10. The van der Waals surface area contributed by atoms with Crippen molar-refractivity contribution in [3.05, 3.63) is 35.9 Å². The molecule has 0 aromatic heterocycles. The van der Waals surface area contributed by atoms with Crippen LogP contribution in [0.5, 0.6) is 0 Å². The van der Waals surface area contributed by atoms with E-state index in [1.807, 2.05) is 0 Å². The minimum Gasteiger partial charge on any atom is -0.369 e. The van der Waals surface area contributed by atoms with E-state index in [9.17, 15) is 0 Å². The molecule has 3 rings (SSSR count). The summed E-state index contributed by atoms with van der Waals surface area (Å²) in [6.45, 7) is 4.64. The van der Waals surface area contributed by atoms with Crippen LogP contribution in [0.25, 0.3) is 0 Å². The van der Waals surface area contributed by atoms with Crippen molar-refractivity contribution in [1.82, 2.24) is 4.90 Å². The van der Waals surface area contributed by atoms with Crippen molar-refractivity contribution in [2.45, 2.75) is 24.9 Å². The Morgan fingerprint density at radius 1 is 1.12 bits per heavy atom. The highest BCUT2D eigenvalue weighted by molar-refractivity contribution is 5.15. The van der Waals surface area contributed by atoms with Crippen molar-refractivity contribution in [3.63, 3.8) is 0 Å². The Balaban J connectivity index is 1.46. The predicted octanol–water partition coefficient (Wildman–Crippen LogP) is 2.09. The van der Waals surface area contributed by atoms with Crippen molar-refractivity contribution in [2.75, 3.05) is 26.2 Å². The van der Waals surface area contributed by atoms with Crippen LogP contribution in [0.15, 0.2) is 30.3 Å². The minimum absolute atomic E-state index is 0.323. The zero-order valence-electron chi connectivity index (χ0n) is 9.69. The molecule has 2 heterocycles. The number of epoxide rings is 1. The fourth-order valence-electron chi connectivity index (χ4n) is 2.51. The molecule has 0 saturated carbocycles. The lowest BCUT2D eigenvalue weighted by atomic mass is 9.97. The van der Waals surface area contributed by atoms with Gasteiger partial charge in [-0.2, -0.15) is 0 Å².